The number of nitrogen functional groups attached to an aromatic ring is 1. The molecule has 0 atom stereocenters. The van der Waals surface area contributed by atoms with Crippen LogP contribution in [0.4, 0.5) is 5.69 Å². The smallest absolute Gasteiger partial charge is 0.145 e. The second-order valence-electron chi connectivity index (χ2n) is 2.78. The summed E-state index contributed by atoms with van der Waals surface area (Å²) in [6.45, 7) is 3.72. The number of phenolic OH excluding ortho intramolecular Hbond substituents is 1. The van der Waals surface area contributed by atoms with Crippen LogP contribution in [0.3, 0.4) is 0 Å². The molecule has 1 aromatic rings. The van der Waals surface area contributed by atoms with Gasteiger partial charge in [-0.2, -0.15) is 0 Å². The average Bonchev–Trinajstić information content (AvgIpc) is 2.08. The zero-order chi connectivity index (χ0) is 9.30. The highest BCUT2D eigenvalue weighted by Gasteiger charge is 2.09. The Hall–Kier alpha value is -1.38. The molecule has 3 heteroatoms. The summed E-state index contributed by atoms with van der Waals surface area (Å²) >= 11 is 0. The molecule has 3 nitrogen and oxygen atoms in total. The second kappa shape index (κ2) is 2.93. The molecule has 0 amide bonds. The molecule has 1 aromatic carbocycles. The fourth-order valence-corrected chi connectivity index (χ4v) is 1.06. The summed E-state index contributed by atoms with van der Waals surface area (Å²) in [6, 6.07) is 1.81. The molecule has 1 rings (SSSR count). The van der Waals surface area contributed by atoms with Crippen LogP contribution in [0.15, 0.2) is 6.07 Å². The second-order valence-corrected chi connectivity index (χ2v) is 2.78. The lowest BCUT2D eigenvalue weighted by atomic mass is 10.1. The number of aromatic hydroxyl groups is 1. The van der Waals surface area contributed by atoms with Gasteiger partial charge in [-0.1, -0.05) is 0 Å². The Bertz CT molecular complexity index is 308. The van der Waals surface area contributed by atoms with Gasteiger partial charge in [0.25, 0.3) is 0 Å². The molecule has 66 valence electrons. The average molecular weight is 167 g/mol. The Morgan fingerprint density at radius 1 is 1.42 bits per heavy atom. The third-order valence-corrected chi connectivity index (χ3v) is 2.03. The van der Waals surface area contributed by atoms with E-state index >= 15 is 0 Å². The monoisotopic (exact) mass is 167 g/mol. The Labute approximate surface area is 71.8 Å². The third-order valence-electron chi connectivity index (χ3n) is 2.03. The Morgan fingerprint density at radius 3 is 2.50 bits per heavy atom. The fourth-order valence-electron chi connectivity index (χ4n) is 1.06. The van der Waals surface area contributed by atoms with Gasteiger partial charge in [0, 0.05) is 0 Å². The quantitative estimate of drug-likeness (QED) is 0.493. The first-order chi connectivity index (χ1) is 5.57. The van der Waals surface area contributed by atoms with Crippen LogP contribution in [0.1, 0.15) is 11.1 Å². The van der Waals surface area contributed by atoms with Crippen molar-refractivity contribution in [1.29, 1.82) is 0 Å². The van der Waals surface area contributed by atoms with Crippen molar-refractivity contribution in [1.82, 2.24) is 0 Å². The minimum absolute atomic E-state index is 0.117. The zero-order valence-corrected chi connectivity index (χ0v) is 7.51. The zero-order valence-electron chi connectivity index (χ0n) is 7.51. The number of nitrogens with two attached hydrogens (primary N) is 1. The fraction of sp³-hybridized carbons (Fsp3) is 0.333. The van der Waals surface area contributed by atoms with Crippen molar-refractivity contribution in [2.24, 2.45) is 0 Å². The number of rotatable bonds is 1. The summed E-state index contributed by atoms with van der Waals surface area (Å²) in [4.78, 5) is 0. The van der Waals surface area contributed by atoms with Gasteiger partial charge in [-0.3, -0.25) is 0 Å². The molecule has 0 bridgehead atoms. The molecular formula is C9H13NO2. The number of anilines is 1. The maximum Gasteiger partial charge on any atom is 0.145 e. The van der Waals surface area contributed by atoms with Crippen molar-refractivity contribution in [2.45, 2.75) is 13.8 Å². The summed E-state index contributed by atoms with van der Waals surface area (Å²) in [5.41, 5.74) is 7.66. The summed E-state index contributed by atoms with van der Waals surface area (Å²) in [7, 11) is 1.53. The van der Waals surface area contributed by atoms with Gasteiger partial charge in [0.15, 0.2) is 0 Å². The van der Waals surface area contributed by atoms with Crippen LogP contribution in [0.2, 0.25) is 0 Å². The van der Waals surface area contributed by atoms with Gasteiger partial charge in [0.1, 0.15) is 17.2 Å². The number of ether oxygens (including phenoxy) is 1. The number of benzene rings is 1. The highest BCUT2D eigenvalue weighted by molar-refractivity contribution is 5.66. The van der Waals surface area contributed by atoms with E-state index in [1.165, 1.54) is 7.11 Å². The molecule has 0 aliphatic heterocycles. The third kappa shape index (κ3) is 1.18. The summed E-state index contributed by atoms with van der Waals surface area (Å²) < 4.78 is 4.98. The first kappa shape index (κ1) is 8.71. The molecule has 0 unspecified atom stereocenters. The minimum atomic E-state index is 0.117. The number of methoxy groups -OCH3 is 1. The lowest BCUT2D eigenvalue weighted by Crippen LogP contribution is -1.95. The summed E-state index contributed by atoms with van der Waals surface area (Å²) in [5.74, 6) is 0.641. The van der Waals surface area contributed by atoms with Crippen LogP contribution in [0.5, 0.6) is 11.5 Å². The Balaban J connectivity index is 3.39. The standard InChI is InChI=1S/C9H13NO2/c1-5-4-7(12-3)8(10)9(11)6(5)2/h4,11H,10H2,1-3H3. The molecule has 12 heavy (non-hydrogen) atoms. The maximum absolute atomic E-state index is 9.49. The highest BCUT2D eigenvalue weighted by Crippen LogP contribution is 2.35. The van der Waals surface area contributed by atoms with E-state index in [9.17, 15) is 5.11 Å². The van der Waals surface area contributed by atoms with Crippen molar-refractivity contribution < 1.29 is 9.84 Å². The van der Waals surface area contributed by atoms with E-state index in [0.717, 1.165) is 11.1 Å². The predicted molar refractivity (Wildman–Crippen MR) is 48.5 cm³/mol. The Morgan fingerprint density at radius 2 is 2.00 bits per heavy atom. The van der Waals surface area contributed by atoms with Crippen LogP contribution in [-0.4, -0.2) is 12.2 Å². The van der Waals surface area contributed by atoms with Crippen LogP contribution < -0.4 is 10.5 Å². The Kier molecular flexibility index (Phi) is 2.13. The van der Waals surface area contributed by atoms with Gasteiger partial charge >= 0.3 is 0 Å². The lowest BCUT2D eigenvalue weighted by molar-refractivity contribution is 0.410. The summed E-state index contributed by atoms with van der Waals surface area (Å²) in [6.07, 6.45) is 0. The van der Waals surface area contributed by atoms with E-state index in [4.69, 9.17) is 10.5 Å². The number of phenols is 1. The van der Waals surface area contributed by atoms with Gasteiger partial charge in [-0.05, 0) is 31.0 Å². The minimum Gasteiger partial charge on any atom is -0.505 e. The van der Waals surface area contributed by atoms with Crippen molar-refractivity contribution >= 4 is 5.69 Å². The topological polar surface area (TPSA) is 55.5 Å². The van der Waals surface area contributed by atoms with E-state index in [1.54, 1.807) is 0 Å². The molecule has 0 aliphatic carbocycles. The van der Waals surface area contributed by atoms with Crippen LogP contribution in [0, 0.1) is 13.8 Å². The van der Waals surface area contributed by atoms with E-state index in [0.29, 0.717) is 11.4 Å². The molecular weight excluding hydrogens is 154 g/mol. The number of hydrogen-bond acceptors (Lipinski definition) is 3. The van der Waals surface area contributed by atoms with E-state index in [-0.39, 0.29) is 5.75 Å². The van der Waals surface area contributed by atoms with E-state index < -0.39 is 0 Å². The molecule has 0 heterocycles. The van der Waals surface area contributed by atoms with Gasteiger partial charge in [0.05, 0.1) is 7.11 Å². The first-order valence-electron chi connectivity index (χ1n) is 3.70. The molecule has 0 saturated heterocycles. The molecule has 0 spiro atoms. The van der Waals surface area contributed by atoms with Gasteiger partial charge in [0.2, 0.25) is 0 Å². The molecule has 3 N–H and O–H groups in total. The van der Waals surface area contributed by atoms with Crippen molar-refractivity contribution in [3.8, 4) is 11.5 Å². The van der Waals surface area contributed by atoms with Crippen LogP contribution in [0.25, 0.3) is 0 Å². The number of aryl methyl sites for hydroxylation is 1. The molecule has 0 aromatic heterocycles. The van der Waals surface area contributed by atoms with Gasteiger partial charge in [-0.15, -0.1) is 0 Å². The van der Waals surface area contributed by atoms with E-state index in [2.05, 4.69) is 0 Å². The maximum atomic E-state index is 9.49. The van der Waals surface area contributed by atoms with Crippen molar-refractivity contribution in [3.05, 3.63) is 17.2 Å². The lowest BCUT2D eigenvalue weighted by Gasteiger charge is -2.10. The van der Waals surface area contributed by atoms with Crippen LogP contribution >= 0.6 is 0 Å². The predicted octanol–water partition coefficient (Wildman–Crippen LogP) is 1.60. The highest BCUT2D eigenvalue weighted by atomic mass is 16.5. The van der Waals surface area contributed by atoms with Gasteiger partial charge in [-0.25, -0.2) is 0 Å². The van der Waals surface area contributed by atoms with Crippen molar-refractivity contribution in [3.63, 3.8) is 0 Å². The summed E-state index contributed by atoms with van der Waals surface area (Å²) in [5, 5.41) is 9.49. The number of hydrogen-bond donors (Lipinski definition) is 2. The van der Waals surface area contributed by atoms with E-state index in [1.807, 2.05) is 19.9 Å². The molecule has 0 radical (unpaired) electrons. The normalized spacial score (nSPS) is 9.92. The SMILES string of the molecule is COc1cc(C)c(C)c(O)c1N. The van der Waals surface area contributed by atoms with Crippen LogP contribution in [-0.2, 0) is 0 Å². The van der Waals surface area contributed by atoms with Crippen molar-refractivity contribution in [2.75, 3.05) is 12.8 Å². The first-order valence-corrected chi connectivity index (χ1v) is 3.70. The molecule has 0 fully saturated rings. The molecule has 0 saturated carbocycles. The molecule has 0 aliphatic rings. The van der Waals surface area contributed by atoms with Gasteiger partial charge < -0.3 is 15.6 Å². The largest absolute Gasteiger partial charge is 0.505 e.